The molecule has 0 saturated carbocycles. The molecule has 0 saturated heterocycles. The molecule has 1 unspecified atom stereocenters. The Bertz CT molecular complexity index is 635. The number of aromatic nitrogens is 1. The molecule has 2 N–H and O–H groups in total. The molecule has 108 valence electrons. The van der Waals surface area contributed by atoms with Gasteiger partial charge in [-0.2, -0.15) is 13.2 Å². The van der Waals surface area contributed by atoms with Gasteiger partial charge < -0.3 is 5.73 Å². The summed E-state index contributed by atoms with van der Waals surface area (Å²) in [6.45, 7) is 1.42. The van der Waals surface area contributed by atoms with Gasteiger partial charge in [0.2, 0.25) is 0 Å². The van der Waals surface area contributed by atoms with E-state index >= 15 is 0 Å². The highest BCUT2D eigenvalue weighted by Crippen LogP contribution is 2.36. The van der Waals surface area contributed by atoms with Crippen molar-refractivity contribution in [1.29, 1.82) is 0 Å². The zero-order valence-corrected chi connectivity index (χ0v) is 10.9. The fourth-order valence-corrected chi connectivity index (χ4v) is 2.46. The number of benzene rings is 1. The number of rotatable bonds is 2. The van der Waals surface area contributed by atoms with Gasteiger partial charge in [0.1, 0.15) is 11.6 Å². The van der Waals surface area contributed by atoms with Crippen LogP contribution in [0.1, 0.15) is 27.1 Å². The predicted molar refractivity (Wildman–Crippen MR) is 64.2 cm³/mol. The maximum atomic E-state index is 13.9. The van der Waals surface area contributed by atoms with Gasteiger partial charge in [0.25, 0.3) is 0 Å². The lowest BCUT2D eigenvalue weighted by atomic mass is 10.0. The van der Waals surface area contributed by atoms with Gasteiger partial charge in [0, 0.05) is 16.6 Å². The third-order valence-corrected chi connectivity index (χ3v) is 3.83. The van der Waals surface area contributed by atoms with Crippen molar-refractivity contribution in [3.05, 3.63) is 51.0 Å². The quantitative estimate of drug-likeness (QED) is 0.857. The molecule has 0 aliphatic rings. The third-order valence-electron chi connectivity index (χ3n) is 2.70. The number of thiazole rings is 1. The molecule has 8 heteroatoms. The smallest absolute Gasteiger partial charge is 0.319 e. The van der Waals surface area contributed by atoms with Crippen LogP contribution in [0.3, 0.4) is 0 Å². The molecular weight excluding hydrogens is 299 g/mol. The summed E-state index contributed by atoms with van der Waals surface area (Å²) in [5.41, 5.74) is 5.37. The third kappa shape index (κ3) is 2.66. The summed E-state index contributed by atoms with van der Waals surface area (Å²) in [6.07, 6.45) is -3.72. The van der Waals surface area contributed by atoms with Gasteiger partial charge in [-0.3, -0.25) is 0 Å². The van der Waals surface area contributed by atoms with Crippen molar-refractivity contribution in [2.75, 3.05) is 0 Å². The van der Waals surface area contributed by atoms with Crippen molar-refractivity contribution in [1.82, 2.24) is 4.98 Å². The fourth-order valence-electron chi connectivity index (χ4n) is 1.67. The Hall–Kier alpha value is -1.54. The van der Waals surface area contributed by atoms with Crippen molar-refractivity contribution in [3.63, 3.8) is 0 Å². The van der Waals surface area contributed by atoms with Crippen LogP contribution in [0.4, 0.5) is 22.0 Å². The van der Waals surface area contributed by atoms with Crippen LogP contribution >= 0.6 is 11.3 Å². The van der Waals surface area contributed by atoms with Crippen molar-refractivity contribution in [2.45, 2.75) is 19.1 Å². The van der Waals surface area contributed by atoms with Crippen LogP contribution in [0.15, 0.2) is 18.3 Å². The van der Waals surface area contributed by atoms with Gasteiger partial charge in [0.15, 0.2) is 5.01 Å². The molecular formula is C12H9F5N2S. The number of alkyl halides is 3. The van der Waals surface area contributed by atoms with E-state index in [1.54, 1.807) is 0 Å². The summed E-state index contributed by atoms with van der Waals surface area (Å²) in [6, 6.07) is 0.928. The van der Waals surface area contributed by atoms with E-state index in [1.807, 2.05) is 0 Å². The predicted octanol–water partition coefficient (Wildman–Crippen LogP) is 3.80. The Kier molecular flexibility index (Phi) is 3.79. The lowest BCUT2D eigenvalue weighted by molar-refractivity contribution is -0.137. The zero-order chi connectivity index (χ0) is 15.1. The van der Waals surface area contributed by atoms with E-state index < -0.39 is 34.4 Å². The average Bonchev–Trinajstić information content (AvgIpc) is 2.83. The highest BCUT2D eigenvalue weighted by atomic mass is 32.1. The Morgan fingerprint density at radius 3 is 2.45 bits per heavy atom. The molecule has 2 aromatic rings. The molecule has 0 radical (unpaired) electrons. The van der Waals surface area contributed by atoms with Crippen molar-refractivity contribution in [2.24, 2.45) is 5.73 Å². The highest BCUT2D eigenvalue weighted by Gasteiger charge is 2.35. The highest BCUT2D eigenvalue weighted by molar-refractivity contribution is 7.11. The van der Waals surface area contributed by atoms with Crippen LogP contribution in [0.25, 0.3) is 0 Å². The average molecular weight is 308 g/mol. The number of halogens is 5. The SMILES string of the molecule is Cc1ccc(F)c(C(N)c2cnc(C(F)(F)F)s2)c1F. The molecule has 1 heterocycles. The monoisotopic (exact) mass is 308 g/mol. The molecule has 0 amide bonds. The Morgan fingerprint density at radius 2 is 1.90 bits per heavy atom. The molecule has 0 bridgehead atoms. The molecule has 20 heavy (non-hydrogen) atoms. The number of nitrogens with zero attached hydrogens (tertiary/aromatic N) is 1. The second kappa shape index (κ2) is 5.10. The van der Waals surface area contributed by atoms with Gasteiger partial charge >= 0.3 is 6.18 Å². The van der Waals surface area contributed by atoms with Crippen LogP contribution in [0.2, 0.25) is 0 Å². The van der Waals surface area contributed by atoms with E-state index in [0.717, 1.165) is 12.3 Å². The molecule has 2 nitrogen and oxygen atoms in total. The Morgan fingerprint density at radius 1 is 1.25 bits per heavy atom. The summed E-state index contributed by atoms with van der Waals surface area (Å²) >= 11 is 0.272. The molecule has 1 atom stereocenters. The standard InChI is InChI=1S/C12H9F5N2S/c1-5-2-3-6(13)8(9(5)14)10(18)7-4-19-11(20-7)12(15,16)17/h2-4,10H,18H2,1H3. The fraction of sp³-hybridized carbons (Fsp3) is 0.250. The Labute approximate surface area is 115 Å². The minimum Gasteiger partial charge on any atom is -0.319 e. The summed E-state index contributed by atoms with van der Waals surface area (Å²) < 4.78 is 64.9. The van der Waals surface area contributed by atoms with Gasteiger partial charge in [-0.15, -0.1) is 11.3 Å². The summed E-state index contributed by atoms with van der Waals surface area (Å²) in [5.74, 6) is -1.76. The molecule has 0 aliphatic carbocycles. The summed E-state index contributed by atoms with van der Waals surface area (Å²) in [5, 5.41) is -1.10. The van der Waals surface area contributed by atoms with Gasteiger partial charge in [-0.05, 0) is 18.6 Å². The number of hydrogen-bond acceptors (Lipinski definition) is 3. The second-order valence-electron chi connectivity index (χ2n) is 4.14. The summed E-state index contributed by atoms with van der Waals surface area (Å²) in [7, 11) is 0. The Balaban J connectivity index is 2.44. The minimum atomic E-state index is -4.60. The van der Waals surface area contributed by atoms with Crippen LogP contribution in [-0.2, 0) is 6.18 Å². The van der Waals surface area contributed by atoms with E-state index in [-0.39, 0.29) is 21.8 Å². The number of aryl methyl sites for hydroxylation is 1. The van der Waals surface area contributed by atoms with Crippen molar-refractivity contribution >= 4 is 11.3 Å². The molecule has 2 rings (SSSR count). The van der Waals surface area contributed by atoms with E-state index in [4.69, 9.17) is 5.73 Å². The van der Waals surface area contributed by atoms with E-state index in [0.29, 0.717) is 0 Å². The minimum absolute atomic E-state index is 0.0549. The number of hydrogen-bond donors (Lipinski definition) is 1. The summed E-state index contributed by atoms with van der Waals surface area (Å²) in [4.78, 5) is 3.13. The molecule has 0 spiro atoms. The van der Waals surface area contributed by atoms with Crippen molar-refractivity contribution < 1.29 is 22.0 Å². The normalized spacial score (nSPS) is 13.6. The maximum absolute atomic E-state index is 13.9. The van der Waals surface area contributed by atoms with Gasteiger partial charge in [-0.1, -0.05) is 6.07 Å². The first-order valence-corrected chi connectivity index (χ1v) is 6.26. The van der Waals surface area contributed by atoms with Gasteiger partial charge in [-0.25, -0.2) is 13.8 Å². The van der Waals surface area contributed by atoms with Crippen molar-refractivity contribution in [3.8, 4) is 0 Å². The van der Waals surface area contributed by atoms with Gasteiger partial charge in [0.05, 0.1) is 6.04 Å². The first kappa shape index (κ1) is 14.9. The van der Waals surface area contributed by atoms with E-state index in [1.165, 1.54) is 13.0 Å². The molecule has 0 aliphatic heterocycles. The zero-order valence-electron chi connectivity index (χ0n) is 10.1. The molecule has 1 aromatic carbocycles. The largest absolute Gasteiger partial charge is 0.443 e. The maximum Gasteiger partial charge on any atom is 0.443 e. The second-order valence-corrected chi connectivity index (χ2v) is 5.20. The van der Waals surface area contributed by atoms with Crippen LogP contribution in [-0.4, -0.2) is 4.98 Å². The number of nitrogens with two attached hydrogens (primary N) is 1. The molecule has 1 aromatic heterocycles. The van der Waals surface area contributed by atoms with E-state index in [9.17, 15) is 22.0 Å². The topological polar surface area (TPSA) is 38.9 Å². The van der Waals surface area contributed by atoms with Crippen LogP contribution in [0.5, 0.6) is 0 Å². The molecule has 0 fully saturated rings. The first-order chi connectivity index (χ1) is 9.21. The van der Waals surface area contributed by atoms with Crippen LogP contribution in [0, 0.1) is 18.6 Å². The first-order valence-electron chi connectivity index (χ1n) is 5.45. The van der Waals surface area contributed by atoms with E-state index in [2.05, 4.69) is 4.98 Å². The lowest BCUT2D eigenvalue weighted by Crippen LogP contribution is -2.15. The van der Waals surface area contributed by atoms with Crippen LogP contribution < -0.4 is 5.73 Å². The lowest BCUT2D eigenvalue weighted by Gasteiger charge is -2.13.